The molecule has 0 spiro atoms. The largest absolute Gasteiger partial charge is 0.465 e. The molecular formula is C19H19ClF3N3O3. The van der Waals surface area contributed by atoms with Gasteiger partial charge >= 0.3 is 12.7 Å². The number of alkyl halides is 2. The summed E-state index contributed by atoms with van der Waals surface area (Å²) in [6.45, 7) is -2.29. The number of amides is 1. The molecule has 0 saturated heterocycles. The van der Waals surface area contributed by atoms with Crippen LogP contribution in [0.1, 0.15) is 48.3 Å². The average molecular weight is 430 g/mol. The minimum atomic E-state index is -3.11. The van der Waals surface area contributed by atoms with Crippen molar-refractivity contribution in [3.05, 3.63) is 46.3 Å². The molecule has 1 fully saturated rings. The molecule has 2 aromatic rings. The molecule has 1 atom stereocenters. The minimum absolute atomic E-state index is 0.301. The van der Waals surface area contributed by atoms with Gasteiger partial charge in [0.2, 0.25) is 0 Å². The Balaban J connectivity index is 1.57. The van der Waals surface area contributed by atoms with Crippen LogP contribution in [0.3, 0.4) is 0 Å². The summed E-state index contributed by atoms with van der Waals surface area (Å²) in [5.74, 6) is -0.140. The van der Waals surface area contributed by atoms with Gasteiger partial charge in [0, 0.05) is 19.0 Å². The van der Waals surface area contributed by atoms with Crippen molar-refractivity contribution in [2.45, 2.75) is 50.8 Å². The fourth-order valence-corrected chi connectivity index (χ4v) is 4.20. The van der Waals surface area contributed by atoms with E-state index in [4.69, 9.17) is 11.6 Å². The molecule has 29 heavy (non-hydrogen) atoms. The van der Waals surface area contributed by atoms with E-state index in [2.05, 4.69) is 9.72 Å². The number of aromatic nitrogens is 2. The summed E-state index contributed by atoms with van der Waals surface area (Å²) in [6, 6.07) is 3.24. The second-order valence-corrected chi connectivity index (χ2v) is 7.60. The maximum atomic E-state index is 14.0. The van der Waals surface area contributed by atoms with Gasteiger partial charge in [0.15, 0.2) is 16.7 Å². The molecule has 1 aromatic carbocycles. The van der Waals surface area contributed by atoms with Crippen molar-refractivity contribution in [2.24, 2.45) is 0 Å². The highest BCUT2D eigenvalue weighted by atomic mass is 35.5. The van der Waals surface area contributed by atoms with Gasteiger partial charge in [-0.3, -0.25) is 4.90 Å². The first-order valence-corrected chi connectivity index (χ1v) is 9.71. The Bertz CT molecular complexity index is 933. The van der Waals surface area contributed by atoms with Gasteiger partial charge in [-0.05, 0) is 43.4 Å². The van der Waals surface area contributed by atoms with Crippen LogP contribution in [0.15, 0.2) is 18.2 Å². The van der Waals surface area contributed by atoms with Gasteiger partial charge in [0.1, 0.15) is 5.82 Å². The molecule has 1 amide bonds. The van der Waals surface area contributed by atoms with E-state index >= 15 is 0 Å². The van der Waals surface area contributed by atoms with E-state index < -0.39 is 30.3 Å². The Morgan fingerprint density at radius 3 is 2.72 bits per heavy atom. The summed E-state index contributed by atoms with van der Waals surface area (Å²) in [5, 5.41) is 9.92. The number of carbonyl (C=O) groups is 1. The maximum Gasteiger partial charge on any atom is 0.407 e. The number of aryl methyl sites for hydroxylation is 1. The van der Waals surface area contributed by atoms with Crippen LogP contribution >= 0.6 is 11.6 Å². The lowest BCUT2D eigenvalue weighted by Gasteiger charge is -2.35. The normalized spacial score (nSPS) is 18.8. The smallest absolute Gasteiger partial charge is 0.407 e. The Morgan fingerprint density at radius 1 is 1.34 bits per heavy atom. The molecular weight excluding hydrogens is 411 g/mol. The molecule has 2 aliphatic rings. The van der Waals surface area contributed by atoms with Crippen molar-refractivity contribution < 1.29 is 27.8 Å². The standard InChI is InChI=1S/C19H19ClF3N3O3/c20-16-15-13(5-1-10-2-6-14(12(21)9-10)29-18(22)23)25(19(27)28)7-8-26(15)17(24-16)11-3-4-11/h2,6,9,11,13,18H,1,3-5,7-8H2,(H,27,28). The molecule has 6 nitrogen and oxygen atoms in total. The Labute approximate surface area is 169 Å². The van der Waals surface area contributed by atoms with E-state index in [0.29, 0.717) is 48.3 Å². The molecule has 1 aromatic heterocycles. The van der Waals surface area contributed by atoms with Gasteiger partial charge in [0.25, 0.3) is 0 Å². The summed E-state index contributed by atoms with van der Waals surface area (Å²) >= 11 is 6.38. The summed E-state index contributed by atoms with van der Waals surface area (Å²) in [6.07, 6.45) is 1.73. The lowest BCUT2D eigenvalue weighted by Crippen LogP contribution is -2.42. The van der Waals surface area contributed by atoms with Crippen LogP contribution in [-0.2, 0) is 13.0 Å². The first-order chi connectivity index (χ1) is 13.8. The molecule has 1 N–H and O–H groups in total. The molecule has 0 radical (unpaired) electrons. The number of fused-ring (bicyclic) bond motifs is 1. The highest BCUT2D eigenvalue weighted by molar-refractivity contribution is 6.30. The highest BCUT2D eigenvalue weighted by Crippen LogP contribution is 2.44. The number of benzene rings is 1. The fourth-order valence-electron chi connectivity index (χ4n) is 3.89. The third-order valence-electron chi connectivity index (χ3n) is 5.35. The van der Waals surface area contributed by atoms with E-state index in [1.807, 2.05) is 4.57 Å². The van der Waals surface area contributed by atoms with Gasteiger partial charge in [-0.1, -0.05) is 17.7 Å². The molecule has 1 saturated carbocycles. The van der Waals surface area contributed by atoms with Gasteiger partial charge in [-0.15, -0.1) is 0 Å². The number of ether oxygens (including phenoxy) is 1. The number of halogens is 4. The molecule has 1 aliphatic heterocycles. The number of hydrogen-bond acceptors (Lipinski definition) is 3. The lowest BCUT2D eigenvalue weighted by molar-refractivity contribution is -0.0522. The molecule has 156 valence electrons. The van der Waals surface area contributed by atoms with Crippen LogP contribution in [0.5, 0.6) is 5.75 Å². The molecule has 2 heterocycles. The van der Waals surface area contributed by atoms with E-state index in [1.165, 1.54) is 11.0 Å². The molecule has 1 unspecified atom stereocenters. The topological polar surface area (TPSA) is 67.6 Å². The first-order valence-electron chi connectivity index (χ1n) is 9.33. The van der Waals surface area contributed by atoms with Crippen LogP contribution in [0.2, 0.25) is 5.15 Å². The van der Waals surface area contributed by atoms with Crippen LogP contribution < -0.4 is 4.74 Å². The van der Waals surface area contributed by atoms with E-state index in [1.54, 1.807) is 0 Å². The van der Waals surface area contributed by atoms with Crippen molar-refractivity contribution in [3.63, 3.8) is 0 Å². The second-order valence-electron chi connectivity index (χ2n) is 7.25. The van der Waals surface area contributed by atoms with Crippen LogP contribution in [-0.4, -0.2) is 38.8 Å². The average Bonchev–Trinajstić information content (AvgIpc) is 3.45. The molecule has 1 aliphatic carbocycles. The quantitative estimate of drug-likeness (QED) is 0.714. The van der Waals surface area contributed by atoms with E-state index in [0.717, 1.165) is 30.8 Å². The molecule has 10 heteroatoms. The Hall–Kier alpha value is -2.42. The summed E-state index contributed by atoms with van der Waals surface area (Å²) in [7, 11) is 0. The predicted molar refractivity (Wildman–Crippen MR) is 98.0 cm³/mol. The van der Waals surface area contributed by atoms with E-state index in [9.17, 15) is 23.1 Å². The van der Waals surface area contributed by atoms with Crippen LogP contribution in [0.4, 0.5) is 18.0 Å². The predicted octanol–water partition coefficient (Wildman–Crippen LogP) is 4.82. The van der Waals surface area contributed by atoms with Crippen molar-refractivity contribution >= 4 is 17.7 Å². The number of nitrogens with zero attached hydrogens (tertiary/aromatic N) is 3. The molecule has 4 rings (SSSR count). The van der Waals surface area contributed by atoms with Crippen molar-refractivity contribution in [1.82, 2.24) is 14.5 Å². The summed E-state index contributed by atoms with van der Waals surface area (Å²) in [4.78, 5) is 17.5. The number of rotatable bonds is 6. The monoisotopic (exact) mass is 429 g/mol. The zero-order valence-corrected chi connectivity index (χ0v) is 16.1. The molecule has 0 bridgehead atoms. The van der Waals surface area contributed by atoms with Crippen molar-refractivity contribution in [1.29, 1.82) is 0 Å². The number of carboxylic acid groups (broad SMARTS) is 1. The van der Waals surface area contributed by atoms with Crippen LogP contribution in [0.25, 0.3) is 0 Å². The SMILES string of the molecule is O=C(O)N1CCn2c(C3CC3)nc(Cl)c2C1CCc1ccc(OC(F)F)c(F)c1. The third kappa shape index (κ3) is 4.01. The van der Waals surface area contributed by atoms with E-state index in [-0.39, 0.29) is 0 Å². The lowest BCUT2D eigenvalue weighted by atomic mass is 10.00. The number of hydrogen-bond donors (Lipinski definition) is 1. The Morgan fingerprint density at radius 2 is 2.10 bits per heavy atom. The van der Waals surface area contributed by atoms with Gasteiger partial charge in [0.05, 0.1) is 11.7 Å². The maximum absolute atomic E-state index is 14.0. The second kappa shape index (κ2) is 7.78. The third-order valence-corrected chi connectivity index (χ3v) is 5.63. The minimum Gasteiger partial charge on any atom is -0.465 e. The first kappa shape index (κ1) is 19.9. The zero-order chi connectivity index (χ0) is 20.7. The summed E-state index contributed by atoms with van der Waals surface area (Å²) < 4.78 is 44.7. The van der Waals surface area contributed by atoms with Crippen molar-refractivity contribution in [2.75, 3.05) is 6.54 Å². The van der Waals surface area contributed by atoms with Gasteiger partial charge in [-0.2, -0.15) is 8.78 Å². The number of imidazole rings is 1. The highest BCUT2D eigenvalue weighted by Gasteiger charge is 2.38. The fraction of sp³-hybridized carbons (Fsp3) is 0.474. The van der Waals surface area contributed by atoms with Crippen LogP contribution in [0, 0.1) is 5.82 Å². The van der Waals surface area contributed by atoms with Gasteiger partial charge in [-0.25, -0.2) is 14.2 Å². The Kier molecular flexibility index (Phi) is 5.33. The van der Waals surface area contributed by atoms with Gasteiger partial charge < -0.3 is 14.4 Å². The summed E-state index contributed by atoms with van der Waals surface area (Å²) in [5.41, 5.74) is 1.21. The zero-order valence-electron chi connectivity index (χ0n) is 15.3. The van der Waals surface area contributed by atoms with Crippen molar-refractivity contribution in [3.8, 4) is 5.75 Å².